The van der Waals surface area contributed by atoms with Crippen LogP contribution in [0, 0.1) is 20.8 Å². The third-order valence-corrected chi connectivity index (χ3v) is 3.00. The Balaban J connectivity index is 2.10. The molecular formula is C15H17NO4. The Morgan fingerprint density at radius 1 is 1.30 bits per heavy atom. The summed E-state index contributed by atoms with van der Waals surface area (Å²) in [5.74, 6) is 0.792. The number of ether oxygens (including phenoxy) is 1. The van der Waals surface area contributed by atoms with Gasteiger partial charge in [-0.2, -0.15) is 0 Å². The van der Waals surface area contributed by atoms with Gasteiger partial charge in [-0.15, -0.1) is 0 Å². The minimum atomic E-state index is -0.927. The fraction of sp³-hybridized carbons (Fsp3) is 0.333. The zero-order valence-corrected chi connectivity index (χ0v) is 11.8. The summed E-state index contributed by atoms with van der Waals surface area (Å²) in [5.41, 5.74) is 2.52. The number of rotatable bonds is 5. The van der Waals surface area contributed by atoms with E-state index in [2.05, 4.69) is 4.98 Å². The number of hydrogen-bond donors (Lipinski definition) is 1. The zero-order valence-electron chi connectivity index (χ0n) is 11.8. The molecule has 1 aromatic carbocycles. The molecule has 0 radical (unpaired) electrons. The topological polar surface area (TPSA) is 72.6 Å². The summed E-state index contributed by atoms with van der Waals surface area (Å²) in [6.07, 6.45) is -0.140. The molecule has 1 heterocycles. The highest BCUT2D eigenvalue weighted by Gasteiger charge is 2.13. The third-order valence-electron chi connectivity index (χ3n) is 3.00. The Morgan fingerprint density at radius 2 is 1.95 bits per heavy atom. The maximum absolute atomic E-state index is 10.7. The first-order valence-electron chi connectivity index (χ1n) is 6.33. The summed E-state index contributed by atoms with van der Waals surface area (Å²) in [5, 5.41) is 8.77. The molecule has 106 valence electrons. The molecule has 20 heavy (non-hydrogen) atoms. The quantitative estimate of drug-likeness (QED) is 0.908. The summed E-state index contributed by atoms with van der Waals surface area (Å²) < 4.78 is 11.1. The van der Waals surface area contributed by atoms with Crippen molar-refractivity contribution in [3.05, 3.63) is 46.7 Å². The summed E-state index contributed by atoms with van der Waals surface area (Å²) in [6.45, 7) is 5.83. The normalized spacial score (nSPS) is 10.6. The van der Waals surface area contributed by atoms with E-state index >= 15 is 0 Å². The molecule has 0 spiro atoms. The molecule has 0 fully saturated rings. The van der Waals surface area contributed by atoms with Crippen molar-refractivity contribution < 1.29 is 19.1 Å². The van der Waals surface area contributed by atoms with E-state index in [9.17, 15) is 4.79 Å². The Kier molecular flexibility index (Phi) is 4.08. The van der Waals surface area contributed by atoms with Gasteiger partial charge in [-0.05, 0) is 31.9 Å². The van der Waals surface area contributed by atoms with Gasteiger partial charge in [0.05, 0.1) is 12.1 Å². The number of carbonyl (C=O) groups is 1. The molecule has 1 N–H and O–H groups in total. The fourth-order valence-corrected chi connectivity index (χ4v) is 2.02. The Morgan fingerprint density at radius 3 is 2.55 bits per heavy atom. The van der Waals surface area contributed by atoms with Gasteiger partial charge in [0, 0.05) is 0 Å². The van der Waals surface area contributed by atoms with Gasteiger partial charge < -0.3 is 14.3 Å². The maximum Gasteiger partial charge on any atom is 0.309 e. The summed E-state index contributed by atoms with van der Waals surface area (Å²) in [7, 11) is 0. The molecule has 1 aromatic heterocycles. The van der Waals surface area contributed by atoms with Crippen LogP contribution in [0.4, 0.5) is 0 Å². The van der Waals surface area contributed by atoms with Gasteiger partial charge in [-0.25, -0.2) is 4.98 Å². The van der Waals surface area contributed by atoms with Crippen molar-refractivity contribution >= 4 is 5.97 Å². The second-order valence-electron chi connectivity index (χ2n) is 4.69. The lowest BCUT2D eigenvalue weighted by Gasteiger charge is -2.09. The van der Waals surface area contributed by atoms with Crippen LogP contribution < -0.4 is 4.74 Å². The lowest BCUT2D eigenvalue weighted by atomic mass is 10.1. The Hall–Kier alpha value is -2.30. The fourth-order valence-electron chi connectivity index (χ4n) is 2.02. The summed E-state index contributed by atoms with van der Waals surface area (Å²) >= 11 is 0. The number of aliphatic carboxylic acids is 1. The van der Waals surface area contributed by atoms with Crippen LogP contribution in [0.5, 0.6) is 5.75 Å². The summed E-state index contributed by atoms with van der Waals surface area (Å²) in [4.78, 5) is 14.8. The van der Waals surface area contributed by atoms with Crippen LogP contribution in [0.3, 0.4) is 0 Å². The smallest absolute Gasteiger partial charge is 0.309 e. The van der Waals surface area contributed by atoms with Crippen molar-refractivity contribution in [3.8, 4) is 5.75 Å². The second-order valence-corrected chi connectivity index (χ2v) is 4.69. The molecule has 2 rings (SSSR count). The molecule has 0 aliphatic rings. The molecule has 0 atom stereocenters. The number of aryl methyl sites for hydroxylation is 3. The number of aromatic nitrogens is 1. The van der Waals surface area contributed by atoms with E-state index in [0.717, 1.165) is 16.9 Å². The average Bonchev–Trinajstić information content (AvgIpc) is 2.68. The number of carboxylic acids is 1. The molecule has 0 saturated heterocycles. The van der Waals surface area contributed by atoms with E-state index < -0.39 is 5.97 Å². The van der Waals surface area contributed by atoms with Crippen molar-refractivity contribution in [1.82, 2.24) is 4.98 Å². The van der Waals surface area contributed by atoms with Crippen molar-refractivity contribution in [2.45, 2.75) is 33.8 Å². The number of para-hydroxylation sites is 1. The number of hydrogen-bond acceptors (Lipinski definition) is 4. The van der Waals surface area contributed by atoms with Crippen molar-refractivity contribution in [1.29, 1.82) is 0 Å². The van der Waals surface area contributed by atoms with E-state index in [1.807, 2.05) is 32.0 Å². The minimum absolute atomic E-state index is 0.140. The molecule has 0 aliphatic carbocycles. The van der Waals surface area contributed by atoms with Crippen molar-refractivity contribution in [2.24, 2.45) is 0 Å². The van der Waals surface area contributed by atoms with Crippen LogP contribution in [-0.2, 0) is 17.8 Å². The highest BCUT2D eigenvalue weighted by atomic mass is 16.5. The molecule has 5 heteroatoms. The first-order chi connectivity index (χ1) is 9.47. The molecule has 0 aliphatic heterocycles. The van der Waals surface area contributed by atoms with Crippen LogP contribution in [0.1, 0.15) is 28.5 Å². The van der Waals surface area contributed by atoms with Gasteiger partial charge in [0.25, 0.3) is 0 Å². The lowest BCUT2D eigenvalue weighted by Crippen LogP contribution is -2.03. The average molecular weight is 275 g/mol. The molecule has 2 aromatic rings. The minimum Gasteiger partial charge on any atom is -0.483 e. The molecule has 0 bridgehead atoms. The van der Waals surface area contributed by atoms with Gasteiger partial charge >= 0.3 is 5.97 Å². The van der Waals surface area contributed by atoms with Crippen LogP contribution in [0.2, 0.25) is 0 Å². The first kappa shape index (κ1) is 14.1. The van der Waals surface area contributed by atoms with E-state index in [-0.39, 0.29) is 13.0 Å². The van der Waals surface area contributed by atoms with Crippen LogP contribution >= 0.6 is 0 Å². The number of carboxylic acid groups (broad SMARTS) is 1. The number of nitrogens with zero attached hydrogens (tertiary/aromatic N) is 1. The molecule has 0 unspecified atom stereocenters. The third kappa shape index (κ3) is 3.17. The largest absolute Gasteiger partial charge is 0.483 e. The second kappa shape index (κ2) is 5.77. The Labute approximate surface area is 117 Å². The highest BCUT2D eigenvalue weighted by molar-refractivity contribution is 5.69. The van der Waals surface area contributed by atoms with Gasteiger partial charge in [0.2, 0.25) is 5.89 Å². The maximum atomic E-state index is 10.7. The SMILES string of the molecule is Cc1cccc(C)c1OCc1nc(CC(=O)O)c(C)o1. The van der Waals surface area contributed by atoms with Gasteiger partial charge in [0.1, 0.15) is 11.5 Å². The number of oxazole rings is 1. The molecular weight excluding hydrogens is 258 g/mol. The molecule has 5 nitrogen and oxygen atoms in total. The van der Waals surface area contributed by atoms with E-state index in [1.165, 1.54) is 0 Å². The lowest BCUT2D eigenvalue weighted by molar-refractivity contribution is -0.136. The number of benzene rings is 1. The van der Waals surface area contributed by atoms with Crippen LogP contribution in [0.15, 0.2) is 22.6 Å². The van der Waals surface area contributed by atoms with Gasteiger partial charge in [0.15, 0.2) is 6.61 Å². The monoisotopic (exact) mass is 275 g/mol. The van der Waals surface area contributed by atoms with Crippen LogP contribution in [-0.4, -0.2) is 16.1 Å². The van der Waals surface area contributed by atoms with E-state index in [1.54, 1.807) is 6.92 Å². The Bertz CT molecular complexity index is 611. The zero-order chi connectivity index (χ0) is 14.7. The molecule has 0 saturated carbocycles. The first-order valence-corrected chi connectivity index (χ1v) is 6.33. The highest BCUT2D eigenvalue weighted by Crippen LogP contribution is 2.23. The predicted molar refractivity (Wildman–Crippen MR) is 72.8 cm³/mol. The van der Waals surface area contributed by atoms with Gasteiger partial charge in [-0.1, -0.05) is 18.2 Å². The summed E-state index contributed by atoms with van der Waals surface area (Å²) in [6, 6.07) is 5.91. The standard InChI is InChI=1S/C15H17NO4/c1-9-5-4-6-10(2)15(9)19-8-13-16-12(7-14(17)18)11(3)20-13/h4-6H,7-8H2,1-3H3,(H,17,18). The predicted octanol–water partition coefficient (Wildman–Crippen LogP) is 2.81. The van der Waals surface area contributed by atoms with E-state index in [4.69, 9.17) is 14.3 Å². The van der Waals surface area contributed by atoms with Gasteiger partial charge in [-0.3, -0.25) is 4.79 Å². The van der Waals surface area contributed by atoms with Crippen molar-refractivity contribution in [2.75, 3.05) is 0 Å². The molecule has 0 amide bonds. The van der Waals surface area contributed by atoms with E-state index in [0.29, 0.717) is 17.3 Å². The van der Waals surface area contributed by atoms with Crippen molar-refractivity contribution in [3.63, 3.8) is 0 Å². The van der Waals surface area contributed by atoms with Crippen LogP contribution in [0.25, 0.3) is 0 Å².